The highest BCUT2D eigenvalue weighted by atomic mass is 16.7. The predicted octanol–water partition coefficient (Wildman–Crippen LogP) is 6.50. The minimum atomic E-state index is -0.0726. The van der Waals surface area contributed by atoms with Gasteiger partial charge in [-0.05, 0) is 93.5 Å². The minimum absolute atomic E-state index is 0.0726. The van der Waals surface area contributed by atoms with E-state index in [1.54, 1.807) is 25.7 Å². The third kappa shape index (κ3) is 5.13. The van der Waals surface area contributed by atoms with E-state index in [2.05, 4.69) is 12.2 Å². The van der Waals surface area contributed by atoms with Crippen LogP contribution in [0, 0.1) is 29.6 Å². The SMILES string of the molecule is C(=C\C1OCCCO1)/C1CCC([C@H]2CC[C@H](C3CCCCC3)CC2)CC1. The van der Waals surface area contributed by atoms with Gasteiger partial charge in [-0.2, -0.15) is 0 Å². The Balaban J connectivity index is 1.16. The summed E-state index contributed by atoms with van der Waals surface area (Å²) in [4.78, 5) is 0. The fourth-order valence-corrected chi connectivity index (χ4v) is 6.37. The first-order valence-electron chi connectivity index (χ1n) is 11.8. The molecule has 0 atom stereocenters. The number of hydrogen-bond acceptors (Lipinski definition) is 2. The van der Waals surface area contributed by atoms with Gasteiger partial charge in [0.1, 0.15) is 0 Å². The van der Waals surface area contributed by atoms with Gasteiger partial charge in [-0.15, -0.1) is 0 Å². The molecule has 0 N–H and O–H groups in total. The van der Waals surface area contributed by atoms with Crippen molar-refractivity contribution in [3.05, 3.63) is 12.2 Å². The van der Waals surface area contributed by atoms with Gasteiger partial charge in [0.25, 0.3) is 0 Å². The van der Waals surface area contributed by atoms with Crippen molar-refractivity contribution >= 4 is 0 Å². The van der Waals surface area contributed by atoms with E-state index in [-0.39, 0.29) is 6.29 Å². The summed E-state index contributed by atoms with van der Waals surface area (Å²) in [6.45, 7) is 1.70. The van der Waals surface area contributed by atoms with Gasteiger partial charge in [-0.25, -0.2) is 0 Å². The molecule has 0 unspecified atom stereocenters. The summed E-state index contributed by atoms with van der Waals surface area (Å²) < 4.78 is 11.3. The van der Waals surface area contributed by atoms with Gasteiger partial charge < -0.3 is 9.47 Å². The summed E-state index contributed by atoms with van der Waals surface area (Å²) in [7, 11) is 0. The number of rotatable bonds is 4. The monoisotopic (exact) mass is 360 g/mol. The molecule has 0 radical (unpaired) electrons. The van der Waals surface area contributed by atoms with Crippen LogP contribution in [0.3, 0.4) is 0 Å². The van der Waals surface area contributed by atoms with Gasteiger partial charge in [0.15, 0.2) is 6.29 Å². The summed E-state index contributed by atoms with van der Waals surface area (Å²) in [5, 5.41) is 0. The van der Waals surface area contributed by atoms with Crippen LogP contribution in [0.4, 0.5) is 0 Å². The molecule has 0 amide bonds. The highest BCUT2D eigenvalue weighted by Crippen LogP contribution is 2.45. The van der Waals surface area contributed by atoms with E-state index in [0.29, 0.717) is 0 Å². The fourth-order valence-electron chi connectivity index (χ4n) is 6.37. The first-order chi connectivity index (χ1) is 12.9. The molecule has 4 aliphatic rings. The molecule has 0 aromatic carbocycles. The van der Waals surface area contributed by atoms with E-state index in [9.17, 15) is 0 Å². The molecular weight excluding hydrogens is 320 g/mol. The first kappa shape index (κ1) is 19.0. The minimum Gasteiger partial charge on any atom is -0.349 e. The van der Waals surface area contributed by atoms with E-state index in [4.69, 9.17) is 9.47 Å². The van der Waals surface area contributed by atoms with Crippen LogP contribution >= 0.6 is 0 Å². The van der Waals surface area contributed by atoms with E-state index in [1.165, 1.54) is 57.8 Å². The van der Waals surface area contributed by atoms with E-state index in [1.807, 2.05) is 0 Å². The zero-order valence-electron chi connectivity index (χ0n) is 16.7. The summed E-state index contributed by atoms with van der Waals surface area (Å²) in [5.41, 5.74) is 0. The van der Waals surface area contributed by atoms with Crippen LogP contribution < -0.4 is 0 Å². The van der Waals surface area contributed by atoms with Crippen LogP contribution in [0.15, 0.2) is 12.2 Å². The third-order valence-electron chi connectivity index (χ3n) is 8.01. The van der Waals surface area contributed by atoms with E-state index in [0.717, 1.165) is 49.2 Å². The van der Waals surface area contributed by atoms with Crippen molar-refractivity contribution in [1.82, 2.24) is 0 Å². The Kier molecular flexibility index (Phi) is 7.11. The zero-order chi connectivity index (χ0) is 17.6. The predicted molar refractivity (Wildman–Crippen MR) is 107 cm³/mol. The molecule has 2 nitrogen and oxygen atoms in total. The van der Waals surface area contributed by atoms with Crippen LogP contribution in [0.5, 0.6) is 0 Å². The van der Waals surface area contributed by atoms with E-state index >= 15 is 0 Å². The number of ether oxygens (including phenoxy) is 2. The quantitative estimate of drug-likeness (QED) is 0.533. The van der Waals surface area contributed by atoms with Crippen molar-refractivity contribution in [3.63, 3.8) is 0 Å². The van der Waals surface area contributed by atoms with Crippen molar-refractivity contribution in [2.45, 2.75) is 96.2 Å². The molecule has 4 rings (SSSR count). The summed E-state index contributed by atoms with van der Waals surface area (Å²) in [6, 6.07) is 0. The Bertz CT molecular complexity index is 417. The third-order valence-corrected chi connectivity index (χ3v) is 8.01. The Morgan fingerprint density at radius 1 is 0.462 bits per heavy atom. The normalized spacial score (nSPS) is 38.6. The summed E-state index contributed by atoms with van der Waals surface area (Å²) in [6.07, 6.45) is 25.0. The van der Waals surface area contributed by atoms with Crippen molar-refractivity contribution < 1.29 is 9.47 Å². The lowest BCUT2D eigenvalue weighted by atomic mass is 9.66. The van der Waals surface area contributed by atoms with Gasteiger partial charge in [0.2, 0.25) is 0 Å². The van der Waals surface area contributed by atoms with Crippen molar-refractivity contribution in [1.29, 1.82) is 0 Å². The molecule has 4 fully saturated rings. The number of hydrogen-bond donors (Lipinski definition) is 0. The Morgan fingerprint density at radius 2 is 0.962 bits per heavy atom. The molecule has 3 aliphatic carbocycles. The van der Waals surface area contributed by atoms with Crippen molar-refractivity contribution in [3.8, 4) is 0 Å². The topological polar surface area (TPSA) is 18.5 Å². The van der Waals surface area contributed by atoms with Gasteiger partial charge >= 0.3 is 0 Å². The lowest BCUT2D eigenvalue weighted by Crippen LogP contribution is -2.28. The molecule has 1 heterocycles. The molecule has 148 valence electrons. The Morgan fingerprint density at radius 3 is 1.54 bits per heavy atom. The van der Waals surface area contributed by atoms with Crippen LogP contribution in [-0.4, -0.2) is 19.5 Å². The second kappa shape index (κ2) is 9.73. The van der Waals surface area contributed by atoms with Gasteiger partial charge in [0, 0.05) is 0 Å². The summed E-state index contributed by atoms with van der Waals surface area (Å²) in [5.74, 6) is 5.01. The van der Waals surface area contributed by atoms with Crippen molar-refractivity contribution in [2.24, 2.45) is 29.6 Å². The second-order valence-electron chi connectivity index (χ2n) is 9.60. The molecule has 1 saturated heterocycles. The molecule has 2 heteroatoms. The highest BCUT2D eigenvalue weighted by Gasteiger charge is 2.33. The second-order valence-corrected chi connectivity index (χ2v) is 9.60. The largest absolute Gasteiger partial charge is 0.349 e. The van der Waals surface area contributed by atoms with Crippen LogP contribution in [0.1, 0.15) is 89.9 Å². The highest BCUT2D eigenvalue weighted by molar-refractivity contribution is 4.95. The smallest absolute Gasteiger partial charge is 0.176 e. The molecule has 0 aromatic rings. The molecule has 0 aromatic heterocycles. The molecule has 0 spiro atoms. The first-order valence-corrected chi connectivity index (χ1v) is 11.8. The average molecular weight is 361 g/mol. The standard InChI is InChI=1S/C24H40O2/c1-2-5-20(6-3-1)22-12-14-23(15-13-22)21-10-7-19(8-11-21)9-16-24-25-17-4-18-26-24/h9,16,19-24H,1-8,10-15,17-18H2/b16-9+/t19?,21?,22-,23-. The van der Waals surface area contributed by atoms with Crippen molar-refractivity contribution in [2.75, 3.05) is 13.2 Å². The van der Waals surface area contributed by atoms with Crippen LogP contribution in [-0.2, 0) is 9.47 Å². The van der Waals surface area contributed by atoms with Crippen LogP contribution in [0.2, 0.25) is 0 Å². The Labute approximate surface area is 161 Å². The fraction of sp³-hybridized carbons (Fsp3) is 0.917. The van der Waals surface area contributed by atoms with E-state index < -0.39 is 0 Å². The Hall–Kier alpha value is -0.340. The van der Waals surface area contributed by atoms with Crippen LogP contribution in [0.25, 0.3) is 0 Å². The van der Waals surface area contributed by atoms with Gasteiger partial charge in [-0.1, -0.05) is 38.2 Å². The van der Waals surface area contributed by atoms with Gasteiger partial charge in [0.05, 0.1) is 13.2 Å². The lowest BCUT2D eigenvalue weighted by Gasteiger charge is -2.40. The molecule has 3 saturated carbocycles. The zero-order valence-corrected chi connectivity index (χ0v) is 16.7. The molecule has 26 heavy (non-hydrogen) atoms. The molecular formula is C24H40O2. The number of allylic oxidation sites excluding steroid dienone is 1. The summed E-state index contributed by atoms with van der Waals surface area (Å²) >= 11 is 0. The molecule has 1 aliphatic heterocycles. The maximum absolute atomic E-state index is 5.64. The lowest BCUT2D eigenvalue weighted by molar-refractivity contribution is -0.150. The maximum Gasteiger partial charge on any atom is 0.176 e. The molecule has 0 bridgehead atoms. The maximum atomic E-state index is 5.64. The van der Waals surface area contributed by atoms with Gasteiger partial charge in [-0.3, -0.25) is 0 Å². The average Bonchev–Trinajstić information content (AvgIpc) is 2.74.